The van der Waals surface area contributed by atoms with Crippen molar-refractivity contribution in [2.45, 2.75) is 27.2 Å². The van der Waals surface area contributed by atoms with Crippen molar-refractivity contribution in [1.82, 2.24) is 5.32 Å². The monoisotopic (exact) mass is 322 g/mol. The average molecular weight is 322 g/mol. The van der Waals surface area contributed by atoms with Crippen LogP contribution in [0.1, 0.15) is 32.8 Å². The fourth-order valence-corrected chi connectivity index (χ4v) is 2.25. The molecule has 0 atom stereocenters. The second-order valence-corrected chi connectivity index (χ2v) is 5.77. The molecule has 0 saturated carbocycles. The van der Waals surface area contributed by atoms with E-state index in [0.717, 1.165) is 29.0 Å². The summed E-state index contributed by atoms with van der Waals surface area (Å²) in [7, 11) is 4.10. The molecule has 0 aliphatic rings. The van der Waals surface area contributed by atoms with E-state index in [1.54, 1.807) is 0 Å². The maximum Gasteiger partial charge on any atom is 0.0416 e. The number of benzene rings is 1. The fourth-order valence-electron chi connectivity index (χ4n) is 2.25. The molecule has 0 aliphatic heterocycles. The molecule has 0 aromatic heterocycles. The van der Waals surface area contributed by atoms with Crippen molar-refractivity contribution >= 4 is 11.3 Å². The van der Waals surface area contributed by atoms with Gasteiger partial charge in [-0.3, -0.25) is 0 Å². The number of rotatable bonds is 8. The molecule has 1 aromatic rings. The second-order valence-electron chi connectivity index (χ2n) is 5.77. The Hall–Kier alpha value is -2.48. The zero-order valence-electron chi connectivity index (χ0n) is 15.7. The molecular formula is C22H30N2. The van der Waals surface area contributed by atoms with Gasteiger partial charge in [0, 0.05) is 31.2 Å². The molecule has 0 radical (unpaired) electrons. The molecule has 1 rings (SSSR count). The van der Waals surface area contributed by atoms with Gasteiger partial charge in [-0.25, -0.2) is 0 Å². The molecular weight excluding hydrogens is 292 g/mol. The summed E-state index contributed by atoms with van der Waals surface area (Å²) in [6.07, 6.45) is 8.99. The molecule has 0 spiro atoms. The molecule has 0 fully saturated rings. The Kier molecular flexibility index (Phi) is 7.84. The van der Waals surface area contributed by atoms with Crippen LogP contribution < -0.4 is 10.2 Å². The summed E-state index contributed by atoms with van der Waals surface area (Å²) in [5.74, 6) is 0. The summed E-state index contributed by atoms with van der Waals surface area (Å²) in [5.41, 5.74) is 6.62. The summed E-state index contributed by atoms with van der Waals surface area (Å²) < 4.78 is 0. The lowest BCUT2D eigenvalue weighted by molar-refractivity contribution is 0.967. The maximum atomic E-state index is 4.19. The second kappa shape index (κ2) is 9.61. The minimum atomic E-state index is 0.892. The Morgan fingerprint density at radius 2 is 1.75 bits per heavy atom. The predicted octanol–water partition coefficient (Wildman–Crippen LogP) is 5.69. The number of nitrogens with zero attached hydrogens (tertiary/aromatic N) is 1. The summed E-state index contributed by atoms with van der Waals surface area (Å²) in [6.45, 7) is 14.2. The maximum absolute atomic E-state index is 4.19. The quantitative estimate of drug-likeness (QED) is 0.619. The number of nitrogens with one attached hydrogen (secondary N) is 1. The van der Waals surface area contributed by atoms with Crippen LogP contribution in [-0.4, -0.2) is 14.1 Å². The fraction of sp³-hybridized carbons (Fsp3) is 0.273. The van der Waals surface area contributed by atoms with E-state index in [0.29, 0.717) is 0 Å². The van der Waals surface area contributed by atoms with E-state index in [-0.39, 0.29) is 0 Å². The molecule has 128 valence electrons. The van der Waals surface area contributed by atoms with Crippen LogP contribution in [0.5, 0.6) is 0 Å². The van der Waals surface area contributed by atoms with Crippen molar-refractivity contribution in [2.75, 3.05) is 19.0 Å². The zero-order valence-corrected chi connectivity index (χ0v) is 15.7. The molecule has 1 aromatic carbocycles. The van der Waals surface area contributed by atoms with Crippen molar-refractivity contribution in [2.24, 2.45) is 0 Å². The van der Waals surface area contributed by atoms with E-state index in [9.17, 15) is 0 Å². The Balaban J connectivity index is 3.20. The number of hydrogen-bond donors (Lipinski definition) is 1. The highest BCUT2D eigenvalue weighted by Gasteiger charge is 2.06. The molecule has 0 aliphatic carbocycles. The molecule has 0 unspecified atom stereocenters. The van der Waals surface area contributed by atoms with Gasteiger partial charge >= 0.3 is 0 Å². The predicted molar refractivity (Wildman–Crippen MR) is 109 cm³/mol. The summed E-state index contributed by atoms with van der Waals surface area (Å²) in [5, 5.41) is 3.42. The largest absolute Gasteiger partial charge is 0.378 e. The Morgan fingerprint density at radius 1 is 1.12 bits per heavy atom. The van der Waals surface area contributed by atoms with Crippen molar-refractivity contribution in [3.8, 4) is 0 Å². The van der Waals surface area contributed by atoms with Gasteiger partial charge in [0.05, 0.1) is 0 Å². The molecule has 2 heteroatoms. The molecule has 24 heavy (non-hydrogen) atoms. The summed E-state index contributed by atoms with van der Waals surface area (Å²) in [6, 6.07) is 8.57. The van der Waals surface area contributed by atoms with Crippen LogP contribution in [0.25, 0.3) is 5.57 Å². The highest BCUT2D eigenvalue weighted by atomic mass is 15.1. The SMILES string of the molecule is C=C/C(=C\C)N/C(=C/C(=C\C)c1ccc(N(C)C)cc1)C(=C)CC. The first-order valence-corrected chi connectivity index (χ1v) is 8.36. The van der Waals surface area contributed by atoms with E-state index >= 15 is 0 Å². The lowest BCUT2D eigenvalue weighted by Gasteiger charge is -2.16. The van der Waals surface area contributed by atoms with Crippen LogP contribution in [-0.2, 0) is 0 Å². The van der Waals surface area contributed by atoms with Gasteiger partial charge in [-0.1, -0.05) is 44.4 Å². The van der Waals surface area contributed by atoms with Crippen molar-refractivity contribution in [3.63, 3.8) is 0 Å². The first kappa shape index (κ1) is 19.6. The third-order valence-electron chi connectivity index (χ3n) is 3.95. The molecule has 2 nitrogen and oxygen atoms in total. The van der Waals surface area contributed by atoms with Crippen molar-refractivity contribution < 1.29 is 0 Å². The number of hydrogen-bond acceptors (Lipinski definition) is 2. The minimum absolute atomic E-state index is 0.892. The van der Waals surface area contributed by atoms with Gasteiger partial charge in [0.1, 0.15) is 0 Å². The minimum Gasteiger partial charge on any atom is -0.378 e. The van der Waals surface area contributed by atoms with Crippen LogP contribution in [0.2, 0.25) is 0 Å². The average Bonchev–Trinajstić information content (AvgIpc) is 2.61. The standard InChI is InChI=1S/C22H30N2/c1-8-17(5)22(23-20(10-3)11-4)16-18(9-2)19-12-14-21(15-13-19)24(6)7/h9-16,23H,3,5,8H2,1-2,4,6-7H3/b18-9+,20-11+,22-16+. The van der Waals surface area contributed by atoms with Gasteiger partial charge < -0.3 is 10.2 Å². The van der Waals surface area contributed by atoms with Crippen molar-refractivity contribution in [1.29, 1.82) is 0 Å². The van der Waals surface area contributed by atoms with Gasteiger partial charge in [0.25, 0.3) is 0 Å². The Morgan fingerprint density at radius 3 is 2.17 bits per heavy atom. The molecule has 0 saturated heterocycles. The highest BCUT2D eigenvalue weighted by molar-refractivity contribution is 5.76. The van der Waals surface area contributed by atoms with E-state index in [4.69, 9.17) is 0 Å². The van der Waals surface area contributed by atoms with Crippen LogP contribution in [0.3, 0.4) is 0 Å². The van der Waals surface area contributed by atoms with Crippen LogP contribution in [0, 0.1) is 0 Å². The molecule has 1 N–H and O–H groups in total. The molecule has 0 heterocycles. The first-order valence-electron chi connectivity index (χ1n) is 8.36. The Bertz CT molecular complexity index is 656. The smallest absolute Gasteiger partial charge is 0.0416 e. The van der Waals surface area contributed by atoms with E-state index < -0.39 is 0 Å². The third kappa shape index (κ3) is 5.31. The van der Waals surface area contributed by atoms with Gasteiger partial charge in [-0.05, 0) is 61.3 Å². The highest BCUT2D eigenvalue weighted by Crippen LogP contribution is 2.23. The Labute approximate surface area is 147 Å². The van der Waals surface area contributed by atoms with Gasteiger partial charge in [-0.15, -0.1) is 0 Å². The van der Waals surface area contributed by atoms with Crippen LogP contribution >= 0.6 is 0 Å². The lowest BCUT2D eigenvalue weighted by Crippen LogP contribution is -2.13. The number of anilines is 1. The first-order chi connectivity index (χ1) is 11.5. The van der Waals surface area contributed by atoms with Gasteiger partial charge in [-0.2, -0.15) is 0 Å². The summed E-state index contributed by atoms with van der Waals surface area (Å²) >= 11 is 0. The third-order valence-corrected chi connectivity index (χ3v) is 3.95. The molecule has 0 amide bonds. The van der Waals surface area contributed by atoms with E-state index in [2.05, 4.69) is 73.6 Å². The van der Waals surface area contributed by atoms with Crippen LogP contribution in [0.15, 0.2) is 78.7 Å². The number of allylic oxidation sites excluding steroid dienone is 6. The van der Waals surface area contributed by atoms with Gasteiger partial charge in [0.2, 0.25) is 0 Å². The van der Waals surface area contributed by atoms with Crippen molar-refractivity contribution in [3.05, 3.63) is 84.3 Å². The van der Waals surface area contributed by atoms with Gasteiger partial charge in [0.15, 0.2) is 0 Å². The van der Waals surface area contributed by atoms with E-state index in [1.165, 1.54) is 11.3 Å². The van der Waals surface area contributed by atoms with E-state index in [1.807, 2.05) is 33.2 Å². The normalized spacial score (nSPS) is 12.8. The van der Waals surface area contributed by atoms with Crippen LogP contribution in [0.4, 0.5) is 5.69 Å². The lowest BCUT2D eigenvalue weighted by atomic mass is 10.0. The zero-order chi connectivity index (χ0) is 18.1. The molecule has 0 bridgehead atoms. The topological polar surface area (TPSA) is 15.3 Å². The summed E-state index contributed by atoms with van der Waals surface area (Å²) in [4.78, 5) is 2.10.